The van der Waals surface area contributed by atoms with Crippen LogP contribution in [0, 0.1) is 0 Å². The van der Waals surface area contributed by atoms with E-state index in [2.05, 4.69) is 42.5 Å². The van der Waals surface area contributed by atoms with Gasteiger partial charge in [-0.3, -0.25) is 0 Å². The first-order valence-electron chi connectivity index (χ1n) is 6.42. The number of benzene rings is 3. The van der Waals surface area contributed by atoms with Gasteiger partial charge in [0.05, 0.1) is 0 Å². The van der Waals surface area contributed by atoms with Crippen molar-refractivity contribution in [2.24, 2.45) is 0 Å². The average molecular weight is 372 g/mol. The van der Waals surface area contributed by atoms with Crippen LogP contribution >= 0.6 is 23.0 Å². The zero-order valence-corrected chi connectivity index (χ0v) is 12.9. The summed E-state index contributed by atoms with van der Waals surface area (Å²) in [6.45, 7) is 0. The van der Waals surface area contributed by atoms with E-state index in [9.17, 15) is 0 Å². The maximum Gasteiger partial charge on any atom is 0.192 e. The molecule has 0 fully saturated rings. The van der Waals surface area contributed by atoms with Gasteiger partial charge in [0.1, 0.15) is 5.75 Å². The van der Waals surface area contributed by atoms with Gasteiger partial charge in [-0.1, -0.05) is 78.9 Å². The van der Waals surface area contributed by atoms with E-state index in [0.717, 1.165) is 28.0 Å². The Morgan fingerprint density at radius 1 is 0.550 bits per heavy atom. The lowest BCUT2D eigenvalue weighted by Crippen LogP contribution is -1.87. The molecule has 3 aromatic carbocycles. The SMILES string of the molecule is IOc1c(-c2ccccc2)cccc1-c1ccccc1. The van der Waals surface area contributed by atoms with Gasteiger partial charge in [0.25, 0.3) is 0 Å². The van der Waals surface area contributed by atoms with Gasteiger partial charge in [0, 0.05) is 11.1 Å². The van der Waals surface area contributed by atoms with Crippen molar-refractivity contribution in [3.8, 4) is 28.0 Å². The summed E-state index contributed by atoms with van der Waals surface area (Å²) in [5.41, 5.74) is 4.55. The molecule has 0 saturated heterocycles. The van der Waals surface area contributed by atoms with Crippen LogP contribution in [0.15, 0.2) is 78.9 Å². The average Bonchev–Trinajstić information content (AvgIpc) is 2.55. The van der Waals surface area contributed by atoms with E-state index < -0.39 is 0 Å². The maximum atomic E-state index is 5.66. The molecule has 0 saturated carbocycles. The maximum absolute atomic E-state index is 5.66. The van der Waals surface area contributed by atoms with Crippen LogP contribution in [-0.2, 0) is 0 Å². The highest BCUT2D eigenvalue weighted by atomic mass is 127. The van der Waals surface area contributed by atoms with Gasteiger partial charge in [0.2, 0.25) is 0 Å². The molecule has 0 heterocycles. The first kappa shape index (κ1) is 13.2. The first-order valence-corrected chi connectivity index (χ1v) is 7.30. The Morgan fingerprint density at radius 2 is 1.00 bits per heavy atom. The molecule has 0 bridgehead atoms. The van der Waals surface area contributed by atoms with E-state index in [0.29, 0.717) is 0 Å². The molecule has 0 spiro atoms. The van der Waals surface area contributed by atoms with Crippen LogP contribution in [0.3, 0.4) is 0 Å². The number of halogens is 1. The van der Waals surface area contributed by atoms with Crippen molar-refractivity contribution < 1.29 is 3.07 Å². The van der Waals surface area contributed by atoms with Gasteiger partial charge in [-0.25, -0.2) is 0 Å². The second-order valence-electron chi connectivity index (χ2n) is 4.49. The standard InChI is InChI=1S/C18H13IO/c19-20-18-16(14-8-3-1-4-9-14)12-7-13-17(18)15-10-5-2-6-11-15/h1-13H. The molecular formula is C18H13IO. The van der Waals surface area contributed by atoms with Crippen LogP contribution in [0.5, 0.6) is 5.75 Å². The first-order chi connectivity index (χ1) is 9.90. The van der Waals surface area contributed by atoms with Crippen LogP contribution < -0.4 is 3.07 Å². The lowest BCUT2D eigenvalue weighted by molar-refractivity contribution is 0.722. The monoisotopic (exact) mass is 372 g/mol. The van der Waals surface area contributed by atoms with Crippen molar-refractivity contribution in [1.29, 1.82) is 0 Å². The normalized spacial score (nSPS) is 10.2. The second kappa shape index (κ2) is 6.09. The van der Waals surface area contributed by atoms with E-state index in [1.165, 1.54) is 0 Å². The van der Waals surface area contributed by atoms with E-state index in [1.54, 1.807) is 0 Å². The van der Waals surface area contributed by atoms with Crippen LogP contribution in [0.25, 0.3) is 22.3 Å². The smallest absolute Gasteiger partial charge is 0.192 e. The number of para-hydroxylation sites is 1. The molecule has 20 heavy (non-hydrogen) atoms. The predicted octanol–water partition coefficient (Wildman–Crippen LogP) is 5.75. The minimum Gasteiger partial charge on any atom is -0.426 e. The highest BCUT2D eigenvalue weighted by Crippen LogP contribution is 2.39. The zero-order chi connectivity index (χ0) is 13.8. The topological polar surface area (TPSA) is 9.23 Å². The Balaban J connectivity index is 2.19. The zero-order valence-electron chi connectivity index (χ0n) is 10.8. The third-order valence-electron chi connectivity index (χ3n) is 3.26. The summed E-state index contributed by atoms with van der Waals surface area (Å²) in [5.74, 6) is 0.908. The summed E-state index contributed by atoms with van der Waals surface area (Å²) in [5, 5.41) is 0. The van der Waals surface area contributed by atoms with Crippen LogP contribution in [0.4, 0.5) is 0 Å². The molecule has 0 aliphatic carbocycles. The quantitative estimate of drug-likeness (QED) is 0.532. The summed E-state index contributed by atoms with van der Waals surface area (Å²) in [6.07, 6.45) is 0. The summed E-state index contributed by atoms with van der Waals surface area (Å²) in [4.78, 5) is 0. The van der Waals surface area contributed by atoms with Crippen molar-refractivity contribution >= 4 is 23.0 Å². The highest BCUT2D eigenvalue weighted by molar-refractivity contribution is 14.1. The third-order valence-corrected chi connectivity index (χ3v) is 3.70. The molecule has 3 rings (SSSR count). The molecule has 0 aromatic heterocycles. The number of hydrogen-bond donors (Lipinski definition) is 0. The minimum absolute atomic E-state index is 0.908. The molecule has 2 heteroatoms. The molecule has 0 atom stereocenters. The molecule has 1 nitrogen and oxygen atoms in total. The molecule has 0 unspecified atom stereocenters. The molecule has 98 valence electrons. The summed E-state index contributed by atoms with van der Waals surface area (Å²) in [6, 6.07) is 26.9. The fourth-order valence-electron chi connectivity index (χ4n) is 2.31. The molecule has 0 N–H and O–H groups in total. The Hall–Kier alpha value is -1.81. The van der Waals surface area contributed by atoms with Crippen molar-refractivity contribution in [1.82, 2.24) is 0 Å². The van der Waals surface area contributed by atoms with Gasteiger partial charge in [-0.05, 0) is 11.1 Å². The van der Waals surface area contributed by atoms with Crippen LogP contribution in [-0.4, -0.2) is 0 Å². The van der Waals surface area contributed by atoms with Gasteiger partial charge in [0.15, 0.2) is 23.0 Å². The number of hydrogen-bond acceptors (Lipinski definition) is 1. The van der Waals surface area contributed by atoms with Crippen molar-refractivity contribution in [3.63, 3.8) is 0 Å². The van der Waals surface area contributed by atoms with E-state index in [4.69, 9.17) is 3.07 Å². The number of rotatable bonds is 3. The fraction of sp³-hybridized carbons (Fsp3) is 0. The predicted molar refractivity (Wildman–Crippen MR) is 92.0 cm³/mol. The molecule has 0 amide bonds. The Kier molecular flexibility index (Phi) is 4.02. The van der Waals surface area contributed by atoms with Gasteiger partial charge in [-0.2, -0.15) is 0 Å². The fourth-order valence-corrected chi connectivity index (χ4v) is 2.78. The van der Waals surface area contributed by atoms with Crippen LogP contribution in [0.1, 0.15) is 0 Å². The van der Waals surface area contributed by atoms with E-state index >= 15 is 0 Å². The summed E-state index contributed by atoms with van der Waals surface area (Å²) >= 11 is 1.96. The Labute approximate surface area is 132 Å². The van der Waals surface area contributed by atoms with Gasteiger partial charge >= 0.3 is 0 Å². The van der Waals surface area contributed by atoms with Gasteiger partial charge in [-0.15, -0.1) is 0 Å². The lowest BCUT2D eigenvalue weighted by atomic mass is 9.97. The minimum atomic E-state index is 0.908. The Morgan fingerprint density at radius 3 is 1.40 bits per heavy atom. The summed E-state index contributed by atoms with van der Waals surface area (Å²) in [7, 11) is 0. The van der Waals surface area contributed by atoms with Crippen molar-refractivity contribution in [2.45, 2.75) is 0 Å². The molecule has 0 aliphatic heterocycles. The summed E-state index contributed by atoms with van der Waals surface area (Å²) < 4.78 is 5.66. The van der Waals surface area contributed by atoms with Crippen molar-refractivity contribution in [3.05, 3.63) is 78.9 Å². The Bertz CT molecular complexity index is 635. The van der Waals surface area contributed by atoms with E-state index in [-0.39, 0.29) is 0 Å². The van der Waals surface area contributed by atoms with Crippen molar-refractivity contribution in [2.75, 3.05) is 0 Å². The van der Waals surface area contributed by atoms with Gasteiger partial charge < -0.3 is 3.07 Å². The van der Waals surface area contributed by atoms with Crippen LogP contribution in [0.2, 0.25) is 0 Å². The highest BCUT2D eigenvalue weighted by Gasteiger charge is 2.12. The molecule has 0 aliphatic rings. The molecule has 0 radical (unpaired) electrons. The third kappa shape index (κ3) is 2.56. The molecular weight excluding hydrogens is 359 g/mol. The lowest BCUT2D eigenvalue weighted by Gasteiger charge is -2.12. The molecule has 3 aromatic rings. The van der Waals surface area contributed by atoms with E-state index in [1.807, 2.05) is 59.4 Å². The largest absolute Gasteiger partial charge is 0.426 e. The second-order valence-corrected chi connectivity index (χ2v) is 4.93.